The Morgan fingerprint density at radius 3 is 0.875 bits per heavy atom. The minimum Gasteiger partial charge on any atom is -0.462 e. The molecular formula is C85H146O17P2. The molecule has 19 heteroatoms. The third kappa shape index (κ3) is 75.7. The topological polar surface area (TPSA) is 237 Å². The number of aliphatic hydroxyl groups excluding tert-OH is 1. The van der Waals surface area contributed by atoms with E-state index >= 15 is 0 Å². The Morgan fingerprint density at radius 1 is 0.288 bits per heavy atom. The standard InChI is InChI=1S/C85H146O17P2/c1-5-9-13-17-21-25-29-33-37-38-39-40-44-46-50-54-58-62-66-70-83(88)96-76-81(102-85(90)72-68-64-60-56-52-48-43-36-32-28-24-20-16-12-8-4)78-100-104(93,94)98-74-79(86)73-97-103(91,92)99-77-80(101-84(89)71-67-63-59-55-51-47-42-35-31-27-23-19-15-11-7-3)75-95-82(87)69-65-61-57-53-49-45-41-34-30-26-22-18-14-10-6-2/h10,14,21-22,24-26,28,33-34,36-37,39-41,43,49,53,61,65,79-81,86H,5-9,11-13,15-20,23,27,29-32,35,38,42,44-48,50-52,54-60,62-64,66-78H2,1-4H3,(H,91,92)(H,93,94)/b14-10-,25-21-,26-22-,28-24-,37-33-,40-39-,41-34-,43-36-,53-49-,65-61-. The molecule has 598 valence electrons. The number of carbonyl (C=O) groups excluding carboxylic acids is 4. The average Bonchev–Trinajstić information content (AvgIpc) is 0.912. The summed E-state index contributed by atoms with van der Waals surface area (Å²) in [5.41, 5.74) is 0. The molecule has 0 aromatic heterocycles. The zero-order valence-corrected chi connectivity index (χ0v) is 67.2. The summed E-state index contributed by atoms with van der Waals surface area (Å²) in [6.45, 7) is 4.60. The second-order valence-corrected chi connectivity index (χ2v) is 29.9. The van der Waals surface area contributed by atoms with E-state index in [0.29, 0.717) is 25.7 Å². The molecule has 0 saturated heterocycles. The van der Waals surface area contributed by atoms with E-state index in [0.717, 1.165) is 154 Å². The van der Waals surface area contributed by atoms with Crippen LogP contribution in [0.5, 0.6) is 0 Å². The van der Waals surface area contributed by atoms with E-state index < -0.39 is 97.5 Å². The van der Waals surface area contributed by atoms with Crippen molar-refractivity contribution in [3.63, 3.8) is 0 Å². The molecule has 0 heterocycles. The summed E-state index contributed by atoms with van der Waals surface area (Å²) in [6, 6.07) is 0. The van der Waals surface area contributed by atoms with Gasteiger partial charge in [-0.1, -0.05) is 310 Å². The number of carbonyl (C=O) groups is 4. The van der Waals surface area contributed by atoms with Gasteiger partial charge in [0.15, 0.2) is 12.2 Å². The second-order valence-electron chi connectivity index (χ2n) is 27.0. The molecule has 0 spiro atoms. The normalized spacial score (nSPS) is 14.5. The van der Waals surface area contributed by atoms with E-state index in [1.807, 2.05) is 18.2 Å². The number of ether oxygens (including phenoxy) is 4. The maximum Gasteiger partial charge on any atom is 0.472 e. The first-order valence-electron chi connectivity index (χ1n) is 40.8. The first-order valence-corrected chi connectivity index (χ1v) is 43.8. The van der Waals surface area contributed by atoms with Crippen molar-refractivity contribution in [2.45, 2.75) is 354 Å². The van der Waals surface area contributed by atoms with Gasteiger partial charge in [-0.25, -0.2) is 9.13 Å². The van der Waals surface area contributed by atoms with Gasteiger partial charge in [-0.15, -0.1) is 0 Å². The van der Waals surface area contributed by atoms with E-state index in [2.05, 4.69) is 125 Å². The highest BCUT2D eigenvalue weighted by Gasteiger charge is 2.30. The van der Waals surface area contributed by atoms with E-state index in [9.17, 15) is 43.2 Å². The van der Waals surface area contributed by atoms with Gasteiger partial charge in [-0.05, 0) is 122 Å². The quantitative estimate of drug-likeness (QED) is 0.0169. The first-order chi connectivity index (χ1) is 50.7. The van der Waals surface area contributed by atoms with Crippen LogP contribution in [0.4, 0.5) is 0 Å². The van der Waals surface area contributed by atoms with Gasteiger partial charge in [0.1, 0.15) is 19.3 Å². The van der Waals surface area contributed by atoms with Crippen molar-refractivity contribution in [3.8, 4) is 0 Å². The molecule has 0 aliphatic heterocycles. The molecule has 0 aromatic rings. The minimum atomic E-state index is -5.00. The van der Waals surface area contributed by atoms with Crippen LogP contribution in [0.15, 0.2) is 122 Å². The largest absolute Gasteiger partial charge is 0.472 e. The zero-order valence-electron chi connectivity index (χ0n) is 65.4. The van der Waals surface area contributed by atoms with Gasteiger partial charge in [0.2, 0.25) is 0 Å². The molecule has 0 bridgehead atoms. The number of hydrogen-bond donors (Lipinski definition) is 3. The maximum absolute atomic E-state index is 13.1. The SMILES string of the molecule is CC/C=C\C/C=C\C/C=C\C/C=C\C/C=C\CC(=O)OCC(COP(=O)(O)OCC(O)COP(=O)(O)OCC(COC(=O)CCCCCCCC/C=C\C/C=C\C/C=C\CCCCC)OC(=O)CCCCCCC/C=C\C/C=C\CCCCC)OC(=O)CCCCCCCCCCCCCCCCC. The van der Waals surface area contributed by atoms with Crippen molar-refractivity contribution in [2.75, 3.05) is 39.6 Å². The summed E-state index contributed by atoms with van der Waals surface area (Å²) in [4.78, 5) is 73.0. The molecule has 104 heavy (non-hydrogen) atoms. The molecule has 0 radical (unpaired) electrons. The zero-order chi connectivity index (χ0) is 76.0. The Labute approximate surface area is 632 Å². The number of esters is 4. The van der Waals surface area contributed by atoms with Crippen LogP contribution in [0.1, 0.15) is 336 Å². The predicted octanol–water partition coefficient (Wildman–Crippen LogP) is 23.9. The molecule has 3 N–H and O–H groups in total. The number of hydrogen-bond acceptors (Lipinski definition) is 15. The molecule has 0 saturated carbocycles. The summed E-state index contributed by atoms with van der Waals surface area (Å²) >= 11 is 0. The van der Waals surface area contributed by atoms with E-state index in [-0.39, 0.29) is 25.7 Å². The second kappa shape index (κ2) is 76.6. The number of allylic oxidation sites excluding steroid dienone is 19. The molecule has 5 unspecified atom stereocenters. The van der Waals surface area contributed by atoms with Crippen LogP contribution in [0.25, 0.3) is 0 Å². The van der Waals surface area contributed by atoms with E-state index in [1.165, 1.54) is 103 Å². The van der Waals surface area contributed by atoms with Crippen LogP contribution in [-0.4, -0.2) is 96.7 Å². The summed E-state index contributed by atoms with van der Waals surface area (Å²) < 4.78 is 68.5. The lowest BCUT2D eigenvalue weighted by Gasteiger charge is -2.21. The fourth-order valence-electron chi connectivity index (χ4n) is 10.7. The molecule has 0 amide bonds. The molecule has 0 aliphatic carbocycles. The van der Waals surface area contributed by atoms with Gasteiger partial charge >= 0.3 is 39.5 Å². The van der Waals surface area contributed by atoms with Crippen molar-refractivity contribution in [1.82, 2.24) is 0 Å². The minimum absolute atomic E-state index is 0.0705. The Balaban J connectivity index is 5.43. The lowest BCUT2D eigenvalue weighted by molar-refractivity contribution is -0.161. The van der Waals surface area contributed by atoms with Crippen molar-refractivity contribution < 1.29 is 80.2 Å². The number of rotatable bonds is 76. The van der Waals surface area contributed by atoms with Gasteiger partial charge in [0.05, 0.1) is 32.8 Å². The Bertz CT molecular complexity index is 2440. The maximum atomic E-state index is 13.1. The van der Waals surface area contributed by atoms with Crippen molar-refractivity contribution >= 4 is 39.5 Å². The Kier molecular flexibility index (Phi) is 73.3. The number of phosphoric acid groups is 2. The molecule has 5 atom stereocenters. The average molecular weight is 1500 g/mol. The molecule has 17 nitrogen and oxygen atoms in total. The molecule has 0 aliphatic rings. The smallest absolute Gasteiger partial charge is 0.462 e. The van der Waals surface area contributed by atoms with Gasteiger partial charge in [-0.2, -0.15) is 0 Å². The van der Waals surface area contributed by atoms with Crippen LogP contribution in [0.3, 0.4) is 0 Å². The third-order valence-corrected chi connectivity index (χ3v) is 18.8. The summed E-state index contributed by atoms with van der Waals surface area (Å²) in [7, 11) is -9.99. The number of unbranched alkanes of at least 4 members (excludes halogenated alkanes) is 31. The monoisotopic (exact) mass is 1500 g/mol. The summed E-state index contributed by atoms with van der Waals surface area (Å²) in [6.07, 6.45) is 84.8. The molecule has 0 rings (SSSR count). The highest BCUT2D eigenvalue weighted by atomic mass is 31.2. The summed E-state index contributed by atoms with van der Waals surface area (Å²) in [5.74, 6) is -2.34. The summed E-state index contributed by atoms with van der Waals surface area (Å²) in [5, 5.41) is 10.6. The Hall–Kier alpha value is -4.54. The number of phosphoric ester groups is 2. The lowest BCUT2D eigenvalue weighted by atomic mass is 10.0. The number of aliphatic hydroxyl groups is 1. The Morgan fingerprint density at radius 2 is 0.538 bits per heavy atom. The third-order valence-electron chi connectivity index (χ3n) is 16.9. The van der Waals surface area contributed by atoms with E-state index in [1.54, 1.807) is 6.08 Å². The highest BCUT2D eigenvalue weighted by molar-refractivity contribution is 7.47. The van der Waals surface area contributed by atoms with Crippen LogP contribution >= 0.6 is 15.6 Å². The van der Waals surface area contributed by atoms with Gasteiger partial charge in [0.25, 0.3) is 0 Å². The molecule has 0 fully saturated rings. The van der Waals surface area contributed by atoms with Gasteiger partial charge in [0, 0.05) is 19.3 Å². The van der Waals surface area contributed by atoms with Gasteiger partial charge < -0.3 is 33.8 Å². The fraction of sp³-hybridized carbons (Fsp3) is 0.718. The van der Waals surface area contributed by atoms with Crippen molar-refractivity contribution in [1.29, 1.82) is 0 Å². The van der Waals surface area contributed by atoms with Crippen LogP contribution in [0.2, 0.25) is 0 Å². The molecule has 0 aromatic carbocycles. The van der Waals surface area contributed by atoms with Gasteiger partial charge in [-0.3, -0.25) is 37.3 Å². The first kappa shape index (κ1) is 99.5. The van der Waals surface area contributed by atoms with Crippen LogP contribution < -0.4 is 0 Å². The lowest BCUT2D eigenvalue weighted by Crippen LogP contribution is -2.30. The predicted molar refractivity (Wildman–Crippen MR) is 427 cm³/mol. The van der Waals surface area contributed by atoms with Crippen LogP contribution in [0, 0.1) is 0 Å². The fourth-order valence-corrected chi connectivity index (χ4v) is 12.3. The van der Waals surface area contributed by atoms with Crippen molar-refractivity contribution in [3.05, 3.63) is 122 Å². The van der Waals surface area contributed by atoms with E-state index in [4.69, 9.17) is 37.0 Å². The van der Waals surface area contributed by atoms with Crippen LogP contribution in [-0.2, 0) is 65.4 Å². The highest BCUT2D eigenvalue weighted by Crippen LogP contribution is 2.45. The van der Waals surface area contributed by atoms with Crippen molar-refractivity contribution in [2.24, 2.45) is 0 Å². The molecular weight excluding hydrogens is 1350 g/mol.